The number of aryl methyl sites for hydroxylation is 2. The highest BCUT2D eigenvalue weighted by atomic mass is 35.5. The van der Waals surface area contributed by atoms with Gasteiger partial charge < -0.3 is 14.5 Å². The minimum Gasteiger partial charge on any atom is -0.459 e. The Kier molecular flexibility index (Phi) is 6.25. The lowest BCUT2D eigenvalue weighted by Crippen LogP contribution is -2.30. The van der Waals surface area contributed by atoms with Crippen LogP contribution in [0.5, 0.6) is 0 Å². The molecule has 0 saturated heterocycles. The van der Waals surface area contributed by atoms with E-state index in [1.165, 1.54) is 24.3 Å². The highest BCUT2D eigenvalue weighted by Crippen LogP contribution is 2.24. The van der Waals surface area contributed by atoms with Crippen LogP contribution in [-0.4, -0.2) is 18.4 Å². The van der Waals surface area contributed by atoms with Crippen molar-refractivity contribution < 1.29 is 18.7 Å². The van der Waals surface area contributed by atoms with E-state index in [2.05, 4.69) is 5.32 Å². The Morgan fingerprint density at radius 2 is 1.86 bits per heavy atom. The van der Waals surface area contributed by atoms with Gasteiger partial charge in [0.25, 0.3) is 5.91 Å². The van der Waals surface area contributed by atoms with Gasteiger partial charge in [-0.1, -0.05) is 35.3 Å². The molecule has 29 heavy (non-hydrogen) atoms. The Morgan fingerprint density at radius 3 is 2.59 bits per heavy atom. The molecular weight excluding hydrogens is 417 g/mol. The molecule has 150 valence electrons. The number of ether oxygens (including phenoxy) is 1. The standard InChI is InChI=1S/C21H17Cl2NO5/c1-11-3-5-15-13(7-18(25)29-20(15)12(11)2)10-28-19(26)9-24-21(27)16-6-4-14(22)8-17(16)23/h3-8H,9-10H2,1-2H3,(H,24,27). The van der Waals surface area contributed by atoms with Crippen molar-refractivity contribution in [1.82, 2.24) is 5.32 Å². The van der Waals surface area contributed by atoms with Crippen LogP contribution in [0, 0.1) is 13.8 Å². The maximum Gasteiger partial charge on any atom is 0.336 e. The zero-order chi connectivity index (χ0) is 21.1. The molecular formula is C21H17Cl2NO5. The van der Waals surface area contributed by atoms with Gasteiger partial charge in [-0.2, -0.15) is 0 Å². The van der Waals surface area contributed by atoms with E-state index in [1.807, 2.05) is 26.0 Å². The summed E-state index contributed by atoms with van der Waals surface area (Å²) < 4.78 is 10.5. The number of fused-ring (bicyclic) bond motifs is 1. The van der Waals surface area contributed by atoms with Gasteiger partial charge in [0.2, 0.25) is 0 Å². The normalized spacial score (nSPS) is 10.8. The van der Waals surface area contributed by atoms with Crippen molar-refractivity contribution in [3.05, 3.63) is 79.1 Å². The van der Waals surface area contributed by atoms with Gasteiger partial charge in [-0.05, 0) is 43.2 Å². The first-order chi connectivity index (χ1) is 13.8. The maximum atomic E-state index is 12.1. The summed E-state index contributed by atoms with van der Waals surface area (Å²) in [5, 5.41) is 3.71. The predicted molar refractivity (Wildman–Crippen MR) is 111 cm³/mol. The Bertz CT molecular complexity index is 1170. The third-order valence-electron chi connectivity index (χ3n) is 4.48. The molecule has 1 N–H and O–H groups in total. The zero-order valence-corrected chi connectivity index (χ0v) is 17.2. The largest absolute Gasteiger partial charge is 0.459 e. The number of halogens is 2. The van der Waals surface area contributed by atoms with Crippen LogP contribution in [-0.2, 0) is 16.1 Å². The number of hydrogen-bond acceptors (Lipinski definition) is 5. The summed E-state index contributed by atoms with van der Waals surface area (Å²) in [5.74, 6) is -1.19. The molecule has 0 atom stereocenters. The Balaban J connectivity index is 1.66. The number of carbonyl (C=O) groups is 2. The minimum absolute atomic E-state index is 0.124. The summed E-state index contributed by atoms with van der Waals surface area (Å²) in [6, 6.07) is 9.43. The monoisotopic (exact) mass is 433 g/mol. The molecule has 1 heterocycles. The highest BCUT2D eigenvalue weighted by Gasteiger charge is 2.14. The number of esters is 1. The predicted octanol–water partition coefficient (Wildman–Crippen LogP) is 4.19. The first kappa shape index (κ1) is 20.9. The first-order valence-electron chi connectivity index (χ1n) is 8.68. The number of amides is 1. The van der Waals surface area contributed by atoms with Crippen molar-refractivity contribution in [2.24, 2.45) is 0 Å². The summed E-state index contributed by atoms with van der Waals surface area (Å²) in [6.45, 7) is 3.29. The van der Waals surface area contributed by atoms with E-state index in [4.69, 9.17) is 32.4 Å². The van der Waals surface area contributed by atoms with E-state index in [0.717, 1.165) is 11.1 Å². The number of benzene rings is 2. The first-order valence-corrected chi connectivity index (χ1v) is 9.43. The van der Waals surface area contributed by atoms with Crippen LogP contribution in [0.4, 0.5) is 0 Å². The molecule has 0 spiro atoms. The molecule has 0 fully saturated rings. The zero-order valence-electron chi connectivity index (χ0n) is 15.7. The van der Waals surface area contributed by atoms with Gasteiger partial charge in [0.1, 0.15) is 18.7 Å². The lowest BCUT2D eigenvalue weighted by atomic mass is 10.0. The van der Waals surface area contributed by atoms with Gasteiger partial charge >= 0.3 is 11.6 Å². The van der Waals surface area contributed by atoms with Crippen LogP contribution < -0.4 is 10.9 Å². The van der Waals surface area contributed by atoms with Crippen molar-refractivity contribution in [2.75, 3.05) is 6.54 Å². The molecule has 1 amide bonds. The van der Waals surface area contributed by atoms with Crippen LogP contribution in [0.2, 0.25) is 10.0 Å². The molecule has 0 aliphatic rings. The molecule has 0 aliphatic heterocycles. The topological polar surface area (TPSA) is 85.6 Å². The smallest absolute Gasteiger partial charge is 0.336 e. The fourth-order valence-electron chi connectivity index (χ4n) is 2.77. The van der Waals surface area contributed by atoms with Crippen LogP contribution in [0.15, 0.2) is 45.6 Å². The second-order valence-corrected chi connectivity index (χ2v) is 7.29. The van der Waals surface area contributed by atoms with Crippen molar-refractivity contribution in [3.8, 4) is 0 Å². The number of rotatable bonds is 5. The fraction of sp³-hybridized carbons (Fsp3) is 0.190. The summed E-state index contributed by atoms with van der Waals surface area (Å²) in [4.78, 5) is 36.0. The number of hydrogen-bond donors (Lipinski definition) is 1. The molecule has 6 nitrogen and oxygen atoms in total. The van der Waals surface area contributed by atoms with Crippen molar-refractivity contribution in [1.29, 1.82) is 0 Å². The summed E-state index contributed by atoms with van der Waals surface area (Å²) in [5.41, 5.74) is 2.50. The van der Waals surface area contributed by atoms with E-state index in [-0.39, 0.29) is 23.7 Å². The Labute approximate surface area is 176 Å². The summed E-state index contributed by atoms with van der Waals surface area (Å²) >= 11 is 11.8. The van der Waals surface area contributed by atoms with Gasteiger partial charge in [0.15, 0.2) is 0 Å². The fourth-order valence-corrected chi connectivity index (χ4v) is 3.27. The second-order valence-electron chi connectivity index (χ2n) is 6.44. The third-order valence-corrected chi connectivity index (χ3v) is 5.02. The summed E-state index contributed by atoms with van der Waals surface area (Å²) in [6.07, 6.45) is 0. The molecule has 2 aromatic carbocycles. The average Bonchev–Trinajstić information content (AvgIpc) is 2.67. The molecule has 0 radical (unpaired) electrons. The van der Waals surface area contributed by atoms with Gasteiger partial charge in [0.05, 0.1) is 10.6 Å². The Morgan fingerprint density at radius 1 is 1.10 bits per heavy atom. The molecule has 0 saturated carbocycles. The summed E-state index contributed by atoms with van der Waals surface area (Å²) in [7, 11) is 0. The van der Waals surface area contributed by atoms with Crippen LogP contribution in [0.1, 0.15) is 27.0 Å². The van der Waals surface area contributed by atoms with Gasteiger partial charge in [0, 0.05) is 22.0 Å². The van der Waals surface area contributed by atoms with E-state index in [9.17, 15) is 14.4 Å². The number of nitrogens with one attached hydrogen (secondary N) is 1. The molecule has 0 bridgehead atoms. The molecule has 1 aromatic heterocycles. The van der Waals surface area contributed by atoms with Gasteiger partial charge in [-0.15, -0.1) is 0 Å². The van der Waals surface area contributed by atoms with Gasteiger partial charge in [-0.3, -0.25) is 9.59 Å². The second kappa shape index (κ2) is 8.68. The molecule has 3 aromatic rings. The van der Waals surface area contributed by atoms with Crippen LogP contribution in [0.25, 0.3) is 11.0 Å². The quantitative estimate of drug-likeness (QED) is 0.481. The number of carbonyl (C=O) groups excluding carboxylic acids is 2. The molecule has 3 rings (SSSR count). The van der Waals surface area contributed by atoms with Crippen molar-refractivity contribution in [3.63, 3.8) is 0 Å². The minimum atomic E-state index is -0.659. The highest BCUT2D eigenvalue weighted by molar-refractivity contribution is 6.36. The SMILES string of the molecule is Cc1ccc2c(COC(=O)CNC(=O)c3ccc(Cl)cc3Cl)cc(=O)oc2c1C. The van der Waals surface area contributed by atoms with Crippen LogP contribution in [0.3, 0.4) is 0 Å². The third kappa shape index (κ3) is 4.78. The van der Waals surface area contributed by atoms with Crippen molar-refractivity contribution >= 4 is 46.0 Å². The van der Waals surface area contributed by atoms with E-state index >= 15 is 0 Å². The Hall–Kier alpha value is -2.83. The van der Waals surface area contributed by atoms with Crippen molar-refractivity contribution in [2.45, 2.75) is 20.5 Å². The van der Waals surface area contributed by atoms with E-state index in [0.29, 0.717) is 21.6 Å². The van der Waals surface area contributed by atoms with Gasteiger partial charge in [-0.25, -0.2) is 4.79 Å². The lowest BCUT2D eigenvalue weighted by Gasteiger charge is -2.10. The maximum absolute atomic E-state index is 12.1. The van der Waals surface area contributed by atoms with E-state index < -0.39 is 17.5 Å². The van der Waals surface area contributed by atoms with E-state index in [1.54, 1.807) is 0 Å². The molecule has 0 aliphatic carbocycles. The van der Waals surface area contributed by atoms with Crippen LogP contribution >= 0.6 is 23.2 Å². The molecule has 0 unspecified atom stereocenters. The average molecular weight is 434 g/mol. The lowest BCUT2D eigenvalue weighted by molar-refractivity contribution is -0.143. The molecule has 8 heteroatoms.